The Morgan fingerprint density at radius 2 is 2.26 bits per heavy atom. The minimum atomic E-state index is -0.0577. The second kappa shape index (κ2) is 5.90. The van der Waals surface area contributed by atoms with E-state index in [-0.39, 0.29) is 11.9 Å². The standard InChI is InChI=1S/C13H16N4OS/c1-9(7-14)17(2)13(18)11-8-16-12(19-11)10-5-3-4-6-15-10/h3-6,8-9H,7,14H2,1-2H3. The first-order valence-corrected chi connectivity index (χ1v) is 6.79. The van der Waals surface area contributed by atoms with Crippen molar-refractivity contribution in [3.8, 4) is 10.7 Å². The van der Waals surface area contributed by atoms with Crippen molar-refractivity contribution in [3.63, 3.8) is 0 Å². The zero-order chi connectivity index (χ0) is 13.8. The molecule has 2 aromatic rings. The number of likely N-dealkylation sites (N-methyl/N-ethyl adjacent to an activating group) is 1. The third kappa shape index (κ3) is 2.97. The van der Waals surface area contributed by atoms with Gasteiger partial charge in [0, 0.05) is 25.8 Å². The van der Waals surface area contributed by atoms with Crippen LogP contribution in [0.4, 0.5) is 0 Å². The lowest BCUT2D eigenvalue weighted by Crippen LogP contribution is -2.39. The molecule has 1 atom stereocenters. The first-order valence-electron chi connectivity index (χ1n) is 5.98. The largest absolute Gasteiger partial charge is 0.337 e. The van der Waals surface area contributed by atoms with Crippen LogP contribution in [0.2, 0.25) is 0 Å². The van der Waals surface area contributed by atoms with Gasteiger partial charge in [-0.1, -0.05) is 6.07 Å². The van der Waals surface area contributed by atoms with Crippen molar-refractivity contribution < 1.29 is 4.79 Å². The van der Waals surface area contributed by atoms with Gasteiger partial charge >= 0.3 is 0 Å². The van der Waals surface area contributed by atoms with E-state index < -0.39 is 0 Å². The highest BCUT2D eigenvalue weighted by molar-refractivity contribution is 7.16. The van der Waals surface area contributed by atoms with Gasteiger partial charge in [0.15, 0.2) is 0 Å². The zero-order valence-corrected chi connectivity index (χ0v) is 11.7. The third-order valence-corrected chi connectivity index (χ3v) is 3.93. The van der Waals surface area contributed by atoms with E-state index in [1.165, 1.54) is 11.3 Å². The first-order chi connectivity index (χ1) is 9.13. The third-order valence-electron chi connectivity index (χ3n) is 2.92. The monoisotopic (exact) mass is 276 g/mol. The van der Waals surface area contributed by atoms with E-state index in [1.54, 1.807) is 24.3 Å². The van der Waals surface area contributed by atoms with Crippen molar-refractivity contribution in [3.05, 3.63) is 35.5 Å². The van der Waals surface area contributed by atoms with Crippen molar-refractivity contribution in [2.45, 2.75) is 13.0 Å². The number of carbonyl (C=O) groups excluding carboxylic acids is 1. The van der Waals surface area contributed by atoms with Gasteiger partial charge in [0.1, 0.15) is 9.88 Å². The maximum atomic E-state index is 12.2. The molecule has 0 spiro atoms. The summed E-state index contributed by atoms with van der Waals surface area (Å²) in [6, 6.07) is 5.63. The van der Waals surface area contributed by atoms with Crippen LogP contribution in [0.25, 0.3) is 10.7 Å². The molecular formula is C13H16N4OS. The van der Waals surface area contributed by atoms with Crippen molar-refractivity contribution in [1.29, 1.82) is 0 Å². The Hall–Kier alpha value is -1.79. The second-order valence-corrected chi connectivity index (χ2v) is 5.28. The predicted molar refractivity (Wildman–Crippen MR) is 76.0 cm³/mol. The fourth-order valence-electron chi connectivity index (χ4n) is 1.51. The minimum absolute atomic E-state index is 0.00732. The zero-order valence-electron chi connectivity index (χ0n) is 10.9. The van der Waals surface area contributed by atoms with Gasteiger partial charge in [-0.25, -0.2) is 4.98 Å². The van der Waals surface area contributed by atoms with Crippen LogP contribution >= 0.6 is 11.3 Å². The molecule has 0 saturated carbocycles. The van der Waals surface area contributed by atoms with E-state index in [2.05, 4.69) is 9.97 Å². The van der Waals surface area contributed by atoms with E-state index in [9.17, 15) is 4.79 Å². The summed E-state index contributed by atoms with van der Waals surface area (Å²) in [5.41, 5.74) is 6.35. The normalized spacial score (nSPS) is 12.2. The summed E-state index contributed by atoms with van der Waals surface area (Å²) < 4.78 is 0. The molecule has 0 bridgehead atoms. The van der Waals surface area contributed by atoms with E-state index in [1.807, 2.05) is 25.1 Å². The number of thiazole rings is 1. The van der Waals surface area contributed by atoms with Crippen molar-refractivity contribution in [1.82, 2.24) is 14.9 Å². The molecule has 2 heterocycles. The lowest BCUT2D eigenvalue weighted by atomic mass is 10.3. The predicted octanol–water partition coefficient (Wildman–Crippen LogP) is 1.62. The van der Waals surface area contributed by atoms with Crippen molar-refractivity contribution in [2.75, 3.05) is 13.6 Å². The number of rotatable bonds is 4. The van der Waals surface area contributed by atoms with E-state index in [0.29, 0.717) is 11.4 Å². The summed E-state index contributed by atoms with van der Waals surface area (Å²) in [5.74, 6) is -0.0577. The summed E-state index contributed by atoms with van der Waals surface area (Å²) in [7, 11) is 1.75. The van der Waals surface area contributed by atoms with E-state index in [0.717, 1.165) is 10.7 Å². The van der Waals surface area contributed by atoms with Gasteiger partial charge in [-0.3, -0.25) is 9.78 Å². The lowest BCUT2D eigenvalue weighted by molar-refractivity contribution is 0.0753. The van der Waals surface area contributed by atoms with Crippen LogP contribution < -0.4 is 5.73 Å². The smallest absolute Gasteiger partial charge is 0.265 e. The Bertz CT molecular complexity index is 555. The van der Waals surface area contributed by atoms with Gasteiger partial charge in [0.05, 0.1) is 11.9 Å². The maximum Gasteiger partial charge on any atom is 0.265 e. The van der Waals surface area contributed by atoms with Crippen LogP contribution in [-0.4, -0.2) is 40.4 Å². The molecule has 1 unspecified atom stereocenters. The fraction of sp³-hybridized carbons (Fsp3) is 0.308. The molecule has 0 saturated heterocycles. The summed E-state index contributed by atoms with van der Waals surface area (Å²) in [6.07, 6.45) is 3.30. The topological polar surface area (TPSA) is 72.1 Å². The number of nitrogens with zero attached hydrogens (tertiary/aromatic N) is 3. The molecule has 100 valence electrons. The summed E-state index contributed by atoms with van der Waals surface area (Å²) in [4.78, 5) is 22.9. The number of aromatic nitrogens is 2. The van der Waals surface area contributed by atoms with Gasteiger partial charge in [0.25, 0.3) is 5.91 Å². The quantitative estimate of drug-likeness (QED) is 0.921. The maximum absolute atomic E-state index is 12.2. The molecule has 6 heteroatoms. The Morgan fingerprint density at radius 3 is 2.89 bits per heavy atom. The van der Waals surface area contributed by atoms with Crippen LogP contribution in [0, 0.1) is 0 Å². The molecule has 2 N–H and O–H groups in total. The molecule has 2 aromatic heterocycles. The lowest BCUT2D eigenvalue weighted by Gasteiger charge is -2.22. The van der Waals surface area contributed by atoms with Crippen molar-refractivity contribution in [2.24, 2.45) is 5.73 Å². The average molecular weight is 276 g/mol. The van der Waals surface area contributed by atoms with Gasteiger partial charge in [-0.2, -0.15) is 0 Å². The molecule has 5 nitrogen and oxygen atoms in total. The molecule has 1 amide bonds. The fourth-order valence-corrected chi connectivity index (χ4v) is 2.39. The van der Waals surface area contributed by atoms with Crippen LogP contribution in [0.5, 0.6) is 0 Å². The molecule has 0 aliphatic rings. The van der Waals surface area contributed by atoms with E-state index >= 15 is 0 Å². The number of amides is 1. The highest BCUT2D eigenvalue weighted by Crippen LogP contribution is 2.24. The van der Waals surface area contributed by atoms with Gasteiger partial charge in [-0.05, 0) is 19.1 Å². The molecule has 0 radical (unpaired) electrons. The highest BCUT2D eigenvalue weighted by Gasteiger charge is 2.19. The molecule has 0 aromatic carbocycles. The number of nitrogens with two attached hydrogens (primary N) is 1. The summed E-state index contributed by atoms with van der Waals surface area (Å²) >= 11 is 1.34. The Labute approximate surface area is 116 Å². The first kappa shape index (κ1) is 13.6. The van der Waals surface area contributed by atoms with Crippen LogP contribution in [0.3, 0.4) is 0 Å². The number of hydrogen-bond donors (Lipinski definition) is 1. The highest BCUT2D eigenvalue weighted by atomic mass is 32.1. The summed E-state index contributed by atoms with van der Waals surface area (Å²) in [5, 5.41) is 0.748. The number of hydrogen-bond acceptors (Lipinski definition) is 5. The average Bonchev–Trinajstić information content (AvgIpc) is 2.95. The van der Waals surface area contributed by atoms with Gasteiger partial charge in [-0.15, -0.1) is 11.3 Å². The number of carbonyl (C=O) groups is 1. The van der Waals surface area contributed by atoms with E-state index in [4.69, 9.17) is 5.73 Å². The Morgan fingerprint density at radius 1 is 1.47 bits per heavy atom. The molecule has 0 aliphatic heterocycles. The minimum Gasteiger partial charge on any atom is -0.337 e. The SMILES string of the molecule is CC(CN)N(C)C(=O)c1cnc(-c2ccccn2)s1. The second-order valence-electron chi connectivity index (χ2n) is 4.25. The Kier molecular flexibility index (Phi) is 4.24. The molecule has 2 rings (SSSR count). The number of pyridine rings is 1. The van der Waals surface area contributed by atoms with Gasteiger partial charge in [0.2, 0.25) is 0 Å². The molecule has 0 aliphatic carbocycles. The summed E-state index contributed by atoms with van der Waals surface area (Å²) in [6.45, 7) is 2.35. The van der Waals surface area contributed by atoms with Crippen LogP contribution in [0.15, 0.2) is 30.6 Å². The van der Waals surface area contributed by atoms with Crippen LogP contribution in [0.1, 0.15) is 16.6 Å². The molecule has 19 heavy (non-hydrogen) atoms. The Balaban J connectivity index is 2.20. The van der Waals surface area contributed by atoms with Crippen LogP contribution in [-0.2, 0) is 0 Å². The van der Waals surface area contributed by atoms with Gasteiger partial charge < -0.3 is 10.6 Å². The molecular weight excluding hydrogens is 260 g/mol. The molecule has 0 fully saturated rings. The van der Waals surface area contributed by atoms with Crippen molar-refractivity contribution >= 4 is 17.2 Å².